The Hall–Kier alpha value is -2.30. The Morgan fingerprint density at radius 2 is 1.68 bits per heavy atom. The summed E-state index contributed by atoms with van der Waals surface area (Å²) >= 11 is 0. The van der Waals surface area contributed by atoms with Crippen LogP contribution in [-0.4, -0.2) is 16.5 Å². The van der Waals surface area contributed by atoms with Gasteiger partial charge in [-0.25, -0.2) is 0 Å². The highest BCUT2D eigenvalue weighted by molar-refractivity contribution is 5.86. The molecular formula is C14H15NO4. The van der Waals surface area contributed by atoms with Crippen molar-refractivity contribution >= 4 is 22.8 Å². The van der Waals surface area contributed by atoms with Gasteiger partial charge in [-0.3, -0.25) is 9.59 Å². The van der Waals surface area contributed by atoms with Crippen molar-refractivity contribution in [3.63, 3.8) is 0 Å². The van der Waals surface area contributed by atoms with Gasteiger partial charge in [0.1, 0.15) is 0 Å². The molecule has 0 aliphatic rings. The molecule has 0 spiro atoms. The molecular weight excluding hydrogens is 246 g/mol. The summed E-state index contributed by atoms with van der Waals surface area (Å²) in [5.41, 5.74) is 0.926. The molecule has 5 heteroatoms. The first kappa shape index (κ1) is 13.1. The maximum absolute atomic E-state index is 11.1. The molecule has 5 nitrogen and oxygen atoms in total. The predicted octanol–water partition coefficient (Wildman–Crippen LogP) is 2.51. The highest BCUT2D eigenvalue weighted by Crippen LogP contribution is 2.33. The summed E-state index contributed by atoms with van der Waals surface area (Å²) in [7, 11) is 0. The first-order valence-corrected chi connectivity index (χ1v) is 6.01. The lowest BCUT2D eigenvalue weighted by Gasteiger charge is -2.10. The van der Waals surface area contributed by atoms with E-state index in [0.29, 0.717) is 0 Å². The van der Waals surface area contributed by atoms with E-state index in [1.807, 2.05) is 23.8 Å². The smallest absolute Gasteiger partial charge is 0.308 e. The number of carbonyl (C=O) groups excluding carboxylic acids is 2. The van der Waals surface area contributed by atoms with E-state index in [1.165, 1.54) is 13.8 Å². The van der Waals surface area contributed by atoms with Gasteiger partial charge in [-0.1, -0.05) is 0 Å². The van der Waals surface area contributed by atoms with Crippen LogP contribution in [-0.2, 0) is 16.1 Å². The molecule has 0 aliphatic carbocycles. The zero-order valence-electron chi connectivity index (χ0n) is 11.1. The zero-order valence-corrected chi connectivity index (χ0v) is 11.1. The van der Waals surface area contributed by atoms with Crippen LogP contribution in [0.4, 0.5) is 0 Å². The number of esters is 2. The largest absolute Gasteiger partial charge is 0.423 e. The molecule has 0 amide bonds. The number of benzene rings is 1. The van der Waals surface area contributed by atoms with Crippen molar-refractivity contribution in [2.45, 2.75) is 27.3 Å². The summed E-state index contributed by atoms with van der Waals surface area (Å²) in [5.74, 6) is -0.405. The van der Waals surface area contributed by atoms with Crippen molar-refractivity contribution in [3.05, 3.63) is 24.4 Å². The van der Waals surface area contributed by atoms with E-state index >= 15 is 0 Å². The monoisotopic (exact) mass is 261 g/mol. The van der Waals surface area contributed by atoms with Crippen LogP contribution in [0.3, 0.4) is 0 Å². The van der Waals surface area contributed by atoms with Gasteiger partial charge in [0.25, 0.3) is 0 Å². The fraction of sp³-hybridized carbons (Fsp3) is 0.286. The van der Waals surface area contributed by atoms with Gasteiger partial charge in [0.2, 0.25) is 0 Å². The number of fused-ring (bicyclic) bond motifs is 1. The molecule has 0 atom stereocenters. The fourth-order valence-corrected chi connectivity index (χ4v) is 1.94. The van der Waals surface area contributed by atoms with Crippen LogP contribution in [0.1, 0.15) is 20.8 Å². The number of rotatable bonds is 3. The van der Waals surface area contributed by atoms with Crippen LogP contribution in [0.2, 0.25) is 0 Å². The Morgan fingerprint density at radius 1 is 1.11 bits per heavy atom. The van der Waals surface area contributed by atoms with E-state index in [0.717, 1.165) is 17.4 Å². The SMILES string of the molecule is CCn1ccc2cc(OC(C)=O)c(OC(C)=O)cc21. The molecule has 1 aromatic heterocycles. The summed E-state index contributed by atoms with van der Waals surface area (Å²) in [6, 6.07) is 5.32. The lowest BCUT2D eigenvalue weighted by Crippen LogP contribution is -2.07. The minimum Gasteiger partial charge on any atom is -0.423 e. The Kier molecular flexibility index (Phi) is 3.55. The third-order valence-electron chi connectivity index (χ3n) is 2.68. The predicted molar refractivity (Wildman–Crippen MR) is 70.2 cm³/mol. The Morgan fingerprint density at radius 3 is 2.21 bits per heavy atom. The van der Waals surface area contributed by atoms with Crippen molar-refractivity contribution in [3.8, 4) is 11.5 Å². The summed E-state index contributed by atoms with van der Waals surface area (Å²) in [4.78, 5) is 22.2. The number of carbonyl (C=O) groups is 2. The van der Waals surface area contributed by atoms with Crippen molar-refractivity contribution in [1.29, 1.82) is 0 Å². The number of hydrogen-bond donors (Lipinski definition) is 0. The molecule has 0 unspecified atom stereocenters. The highest BCUT2D eigenvalue weighted by Gasteiger charge is 2.13. The van der Waals surface area contributed by atoms with Crippen molar-refractivity contribution < 1.29 is 19.1 Å². The molecule has 2 rings (SSSR count). The van der Waals surface area contributed by atoms with E-state index in [2.05, 4.69) is 0 Å². The van der Waals surface area contributed by atoms with E-state index in [1.54, 1.807) is 12.1 Å². The highest BCUT2D eigenvalue weighted by atomic mass is 16.6. The normalized spacial score (nSPS) is 10.5. The number of nitrogens with zero attached hydrogens (tertiary/aromatic N) is 1. The number of hydrogen-bond acceptors (Lipinski definition) is 4. The van der Waals surface area contributed by atoms with Crippen molar-refractivity contribution in [2.75, 3.05) is 0 Å². The van der Waals surface area contributed by atoms with Crippen LogP contribution in [0.5, 0.6) is 11.5 Å². The Balaban J connectivity index is 2.57. The molecule has 0 saturated heterocycles. The van der Waals surface area contributed by atoms with E-state index in [-0.39, 0.29) is 11.5 Å². The van der Waals surface area contributed by atoms with Gasteiger partial charge in [-0.15, -0.1) is 0 Å². The van der Waals surface area contributed by atoms with Gasteiger partial charge in [-0.2, -0.15) is 0 Å². The van der Waals surface area contributed by atoms with Crippen molar-refractivity contribution in [1.82, 2.24) is 4.57 Å². The Labute approximate surface area is 110 Å². The van der Waals surface area contributed by atoms with Crippen LogP contribution < -0.4 is 9.47 Å². The molecule has 0 aliphatic heterocycles. The van der Waals surface area contributed by atoms with Crippen LogP contribution in [0.15, 0.2) is 24.4 Å². The quantitative estimate of drug-likeness (QED) is 0.629. The average molecular weight is 261 g/mol. The molecule has 0 saturated carbocycles. The van der Waals surface area contributed by atoms with Crippen LogP contribution in [0, 0.1) is 0 Å². The topological polar surface area (TPSA) is 57.5 Å². The molecule has 0 fully saturated rings. The van der Waals surface area contributed by atoms with Crippen molar-refractivity contribution in [2.24, 2.45) is 0 Å². The molecule has 0 N–H and O–H groups in total. The zero-order chi connectivity index (χ0) is 14.0. The van der Waals surface area contributed by atoms with Crippen LogP contribution in [0.25, 0.3) is 10.9 Å². The number of aryl methyl sites for hydroxylation is 1. The van der Waals surface area contributed by atoms with Gasteiger partial charge in [0.05, 0.1) is 5.52 Å². The molecule has 100 valence electrons. The standard InChI is InChI=1S/C14H15NO4/c1-4-15-6-5-11-7-13(18-9(2)16)14(8-12(11)15)19-10(3)17/h5-8H,4H2,1-3H3. The lowest BCUT2D eigenvalue weighted by atomic mass is 10.2. The lowest BCUT2D eigenvalue weighted by molar-refractivity contribution is -0.134. The third kappa shape index (κ3) is 2.76. The summed E-state index contributed by atoms with van der Waals surface area (Å²) < 4.78 is 12.2. The summed E-state index contributed by atoms with van der Waals surface area (Å²) in [6.45, 7) is 5.43. The first-order valence-electron chi connectivity index (χ1n) is 6.01. The van der Waals surface area contributed by atoms with Gasteiger partial charge in [-0.05, 0) is 19.1 Å². The fourth-order valence-electron chi connectivity index (χ4n) is 1.94. The second kappa shape index (κ2) is 5.14. The van der Waals surface area contributed by atoms with Gasteiger partial charge in [0, 0.05) is 38.0 Å². The van der Waals surface area contributed by atoms with E-state index in [4.69, 9.17) is 9.47 Å². The van der Waals surface area contributed by atoms with Gasteiger partial charge < -0.3 is 14.0 Å². The number of ether oxygens (including phenoxy) is 2. The maximum Gasteiger partial charge on any atom is 0.308 e. The van der Waals surface area contributed by atoms with Gasteiger partial charge >= 0.3 is 11.9 Å². The number of aromatic nitrogens is 1. The molecule has 19 heavy (non-hydrogen) atoms. The van der Waals surface area contributed by atoms with Gasteiger partial charge in [0.15, 0.2) is 11.5 Å². The minimum atomic E-state index is -0.456. The van der Waals surface area contributed by atoms with Crippen LogP contribution >= 0.6 is 0 Å². The Bertz CT molecular complexity index is 642. The molecule has 1 aromatic carbocycles. The molecule has 1 heterocycles. The molecule has 2 aromatic rings. The average Bonchev–Trinajstić information content (AvgIpc) is 2.70. The molecule has 0 radical (unpaired) electrons. The summed E-state index contributed by atoms with van der Waals surface area (Å²) in [6.07, 6.45) is 1.93. The molecule has 0 bridgehead atoms. The minimum absolute atomic E-state index is 0.253. The second-order valence-electron chi connectivity index (χ2n) is 4.15. The third-order valence-corrected chi connectivity index (χ3v) is 2.68. The van der Waals surface area contributed by atoms with E-state index < -0.39 is 11.9 Å². The summed E-state index contributed by atoms with van der Waals surface area (Å²) in [5, 5.41) is 0.925. The second-order valence-corrected chi connectivity index (χ2v) is 4.15. The van der Waals surface area contributed by atoms with E-state index in [9.17, 15) is 9.59 Å². The maximum atomic E-state index is 11.1. The first-order chi connectivity index (χ1) is 9.01.